The summed E-state index contributed by atoms with van der Waals surface area (Å²) in [6, 6.07) is 2.97. The van der Waals surface area contributed by atoms with Gasteiger partial charge in [0.05, 0.1) is 17.4 Å². The number of hydrogen-bond acceptors (Lipinski definition) is 2. The molecule has 0 unspecified atom stereocenters. The van der Waals surface area contributed by atoms with Crippen LogP contribution in [0.1, 0.15) is 15.9 Å². The molecule has 0 bridgehead atoms. The SMILES string of the molecule is O=C(O)[C@@H]1CN(C(=O)c2ccc(C(F)(F)F)cc2)C[C@H]1C(F)(F)F. The zero-order valence-corrected chi connectivity index (χ0v) is 11.9. The van der Waals surface area contributed by atoms with Crippen LogP contribution < -0.4 is 0 Å². The molecule has 1 saturated heterocycles. The van der Waals surface area contributed by atoms with Crippen molar-refractivity contribution >= 4 is 11.9 Å². The molecule has 1 amide bonds. The summed E-state index contributed by atoms with van der Waals surface area (Å²) in [5, 5.41) is 8.88. The van der Waals surface area contributed by atoms with Gasteiger partial charge in [-0.2, -0.15) is 26.3 Å². The van der Waals surface area contributed by atoms with E-state index in [-0.39, 0.29) is 5.56 Å². The molecule has 1 N–H and O–H groups in total. The van der Waals surface area contributed by atoms with Crippen LogP contribution in [0.15, 0.2) is 24.3 Å². The van der Waals surface area contributed by atoms with Crippen molar-refractivity contribution in [1.82, 2.24) is 4.90 Å². The summed E-state index contributed by atoms with van der Waals surface area (Å²) in [4.78, 5) is 23.8. The minimum absolute atomic E-state index is 0.241. The highest BCUT2D eigenvalue weighted by molar-refractivity contribution is 5.95. The van der Waals surface area contributed by atoms with E-state index in [1.807, 2.05) is 0 Å². The number of alkyl halides is 6. The molecule has 1 heterocycles. The van der Waals surface area contributed by atoms with Crippen LogP contribution in [0.2, 0.25) is 0 Å². The Morgan fingerprint density at radius 2 is 1.54 bits per heavy atom. The summed E-state index contributed by atoms with van der Waals surface area (Å²) in [7, 11) is 0. The number of carbonyl (C=O) groups excluding carboxylic acids is 1. The average molecular weight is 355 g/mol. The predicted octanol–water partition coefficient (Wildman–Crippen LogP) is 3.04. The fourth-order valence-corrected chi connectivity index (χ4v) is 2.54. The van der Waals surface area contributed by atoms with Gasteiger partial charge in [-0.15, -0.1) is 0 Å². The Bertz CT molecular complexity index is 637. The lowest BCUT2D eigenvalue weighted by molar-refractivity contribution is -0.187. The van der Waals surface area contributed by atoms with E-state index >= 15 is 0 Å². The lowest BCUT2D eigenvalue weighted by Gasteiger charge is -2.18. The summed E-state index contributed by atoms with van der Waals surface area (Å²) in [6.45, 7) is -1.50. The number of nitrogens with zero attached hydrogens (tertiary/aromatic N) is 1. The molecule has 1 aromatic rings. The maximum atomic E-state index is 12.9. The van der Waals surface area contributed by atoms with Gasteiger partial charge in [-0.25, -0.2) is 0 Å². The molecule has 2 rings (SSSR count). The molecule has 132 valence electrons. The van der Waals surface area contributed by atoms with Gasteiger partial charge in [-0.1, -0.05) is 0 Å². The number of halogens is 6. The van der Waals surface area contributed by atoms with Crippen LogP contribution in [0.5, 0.6) is 0 Å². The van der Waals surface area contributed by atoms with Gasteiger partial charge in [-0.3, -0.25) is 9.59 Å². The van der Waals surface area contributed by atoms with E-state index in [1.165, 1.54) is 0 Å². The normalized spacial score (nSPS) is 21.8. The minimum Gasteiger partial charge on any atom is -0.481 e. The molecule has 1 aromatic carbocycles. The molecule has 1 aliphatic heterocycles. The van der Waals surface area contributed by atoms with Crippen LogP contribution in [0.4, 0.5) is 26.3 Å². The van der Waals surface area contributed by atoms with E-state index in [9.17, 15) is 35.9 Å². The third kappa shape index (κ3) is 3.62. The number of carboxylic acid groups (broad SMARTS) is 1. The van der Waals surface area contributed by atoms with Crippen molar-refractivity contribution in [3.8, 4) is 0 Å². The highest BCUT2D eigenvalue weighted by atomic mass is 19.4. The van der Waals surface area contributed by atoms with Gasteiger partial charge in [-0.05, 0) is 24.3 Å². The Hall–Kier alpha value is -2.26. The van der Waals surface area contributed by atoms with Crippen LogP contribution >= 0.6 is 0 Å². The van der Waals surface area contributed by atoms with Crippen molar-refractivity contribution in [2.45, 2.75) is 12.4 Å². The third-order valence-electron chi connectivity index (χ3n) is 3.80. The van der Waals surface area contributed by atoms with E-state index in [0.717, 1.165) is 12.1 Å². The summed E-state index contributed by atoms with van der Waals surface area (Å²) in [5.74, 6) is -6.64. The topological polar surface area (TPSA) is 57.6 Å². The molecule has 0 saturated carbocycles. The smallest absolute Gasteiger partial charge is 0.416 e. The van der Waals surface area contributed by atoms with E-state index in [4.69, 9.17) is 5.11 Å². The number of carbonyl (C=O) groups is 2. The molecular weight excluding hydrogens is 344 g/mol. The number of benzene rings is 1. The lowest BCUT2D eigenvalue weighted by atomic mass is 9.96. The van der Waals surface area contributed by atoms with Crippen LogP contribution in [-0.2, 0) is 11.0 Å². The van der Waals surface area contributed by atoms with Crippen LogP contribution in [0, 0.1) is 11.8 Å². The van der Waals surface area contributed by atoms with Crippen molar-refractivity contribution < 1.29 is 41.0 Å². The molecule has 0 aromatic heterocycles. The van der Waals surface area contributed by atoms with Gasteiger partial charge in [0.2, 0.25) is 0 Å². The fraction of sp³-hybridized carbons (Fsp3) is 0.429. The molecule has 2 atom stereocenters. The second-order valence-corrected chi connectivity index (χ2v) is 5.38. The predicted molar refractivity (Wildman–Crippen MR) is 68.0 cm³/mol. The van der Waals surface area contributed by atoms with Crippen molar-refractivity contribution in [2.24, 2.45) is 11.8 Å². The van der Waals surface area contributed by atoms with Crippen molar-refractivity contribution in [1.29, 1.82) is 0 Å². The van der Waals surface area contributed by atoms with Crippen molar-refractivity contribution in [3.63, 3.8) is 0 Å². The molecule has 0 radical (unpaired) electrons. The number of carboxylic acids is 1. The molecule has 10 heteroatoms. The lowest BCUT2D eigenvalue weighted by Crippen LogP contribution is -2.34. The van der Waals surface area contributed by atoms with Crippen LogP contribution in [0.3, 0.4) is 0 Å². The first-order chi connectivity index (χ1) is 10.9. The quantitative estimate of drug-likeness (QED) is 0.830. The maximum Gasteiger partial charge on any atom is 0.416 e. The van der Waals surface area contributed by atoms with Gasteiger partial charge in [0, 0.05) is 18.7 Å². The summed E-state index contributed by atoms with van der Waals surface area (Å²) in [5.41, 5.74) is -1.24. The number of amides is 1. The molecule has 1 fully saturated rings. The monoisotopic (exact) mass is 355 g/mol. The Morgan fingerprint density at radius 3 is 1.92 bits per heavy atom. The molecule has 24 heavy (non-hydrogen) atoms. The Morgan fingerprint density at radius 1 is 1.00 bits per heavy atom. The zero-order valence-electron chi connectivity index (χ0n) is 11.9. The number of likely N-dealkylation sites (tertiary alicyclic amines) is 1. The zero-order chi connectivity index (χ0) is 18.3. The maximum absolute atomic E-state index is 12.9. The highest BCUT2D eigenvalue weighted by Crippen LogP contribution is 2.38. The number of hydrogen-bond donors (Lipinski definition) is 1. The van der Waals surface area contributed by atoms with Gasteiger partial charge in [0.1, 0.15) is 0 Å². The second-order valence-electron chi connectivity index (χ2n) is 5.38. The largest absolute Gasteiger partial charge is 0.481 e. The van der Waals surface area contributed by atoms with E-state index in [0.29, 0.717) is 17.0 Å². The second kappa shape index (κ2) is 5.99. The molecular formula is C14H11F6NO3. The van der Waals surface area contributed by atoms with Gasteiger partial charge < -0.3 is 10.0 Å². The summed E-state index contributed by atoms with van der Waals surface area (Å²) < 4.78 is 76.0. The van der Waals surface area contributed by atoms with Crippen molar-refractivity contribution in [2.75, 3.05) is 13.1 Å². The fourth-order valence-electron chi connectivity index (χ4n) is 2.54. The van der Waals surface area contributed by atoms with E-state index in [2.05, 4.69) is 0 Å². The average Bonchev–Trinajstić information content (AvgIpc) is 2.91. The van der Waals surface area contributed by atoms with Gasteiger partial charge in [0.15, 0.2) is 0 Å². The third-order valence-corrected chi connectivity index (χ3v) is 3.80. The Kier molecular flexibility index (Phi) is 4.51. The minimum atomic E-state index is -4.79. The molecule has 1 aliphatic rings. The Balaban J connectivity index is 2.20. The first-order valence-corrected chi connectivity index (χ1v) is 6.67. The highest BCUT2D eigenvalue weighted by Gasteiger charge is 2.53. The number of aliphatic carboxylic acids is 1. The molecule has 4 nitrogen and oxygen atoms in total. The standard InChI is InChI=1S/C14H11F6NO3/c15-13(16,17)8-3-1-7(2-4-8)11(22)21-5-9(12(23)24)10(6-21)14(18,19)20/h1-4,9-10H,5-6H2,(H,23,24)/t9-,10-/m1/s1. The first-order valence-electron chi connectivity index (χ1n) is 6.67. The van der Waals surface area contributed by atoms with Crippen molar-refractivity contribution in [3.05, 3.63) is 35.4 Å². The number of rotatable bonds is 2. The molecule has 0 spiro atoms. The molecule has 0 aliphatic carbocycles. The van der Waals surface area contributed by atoms with Crippen LogP contribution in [0.25, 0.3) is 0 Å². The van der Waals surface area contributed by atoms with Gasteiger partial charge >= 0.3 is 18.3 Å². The van der Waals surface area contributed by atoms with E-state index < -0.39 is 54.7 Å². The van der Waals surface area contributed by atoms with Gasteiger partial charge in [0.25, 0.3) is 5.91 Å². The summed E-state index contributed by atoms with van der Waals surface area (Å²) in [6.07, 6.45) is -9.40. The first kappa shape index (κ1) is 18.1. The van der Waals surface area contributed by atoms with Crippen LogP contribution in [-0.4, -0.2) is 41.1 Å². The summed E-state index contributed by atoms with van der Waals surface area (Å²) >= 11 is 0. The Labute approximate surface area is 131 Å². The van der Waals surface area contributed by atoms with E-state index in [1.54, 1.807) is 0 Å².